The van der Waals surface area contributed by atoms with Crippen molar-refractivity contribution in [3.05, 3.63) is 125 Å². The Kier molecular flexibility index (Phi) is 9.97. The number of carbonyl (C=O) groups is 1. The Morgan fingerprint density at radius 3 is 2.44 bits per heavy atom. The molecule has 7 nitrogen and oxygen atoms in total. The number of nitrogens with zero attached hydrogens (tertiary/aromatic N) is 2. The average molecular weight is 600 g/mol. The molecule has 8 heteroatoms. The molecule has 3 unspecified atom stereocenters. The van der Waals surface area contributed by atoms with Crippen LogP contribution in [-0.4, -0.2) is 61.3 Å². The largest absolute Gasteiger partial charge is 0.493 e. The first-order valence-electron chi connectivity index (χ1n) is 14.5. The molecule has 4 aromatic rings. The Balaban J connectivity index is 1.50. The maximum Gasteiger partial charge on any atom is 0.339 e. The van der Waals surface area contributed by atoms with Crippen LogP contribution in [0.25, 0.3) is 0 Å². The molecular weight excluding hydrogens is 562 g/mol. The molecule has 0 bridgehead atoms. The van der Waals surface area contributed by atoms with Crippen LogP contribution in [0.1, 0.15) is 46.4 Å². The zero-order chi connectivity index (χ0) is 30.2. The van der Waals surface area contributed by atoms with Gasteiger partial charge in [0.05, 0.1) is 32.4 Å². The minimum Gasteiger partial charge on any atom is -0.493 e. The number of hydrogen-bond donors (Lipinski definition) is 1. The zero-order valence-corrected chi connectivity index (χ0v) is 25.6. The summed E-state index contributed by atoms with van der Waals surface area (Å²) < 4.78 is 16.9. The van der Waals surface area contributed by atoms with Crippen LogP contribution >= 0.6 is 11.6 Å². The van der Waals surface area contributed by atoms with Gasteiger partial charge in [0.15, 0.2) is 11.5 Å². The van der Waals surface area contributed by atoms with Crippen molar-refractivity contribution in [2.75, 3.05) is 33.9 Å². The summed E-state index contributed by atoms with van der Waals surface area (Å²) in [5.74, 6) is 1.02. The fraction of sp³-hybridized carbons (Fsp3) is 0.314. The van der Waals surface area contributed by atoms with Gasteiger partial charge >= 0.3 is 5.97 Å². The summed E-state index contributed by atoms with van der Waals surface area (Å²) in [4.78, 5) is 19.4. The van der Waals surface area contributed by atoms with Gasteiger partial charge in [0, 0.05) is 42.1 Å². The highest BCUT2D eigenvalue weighted by Gasteiger charge is 2.44. The van der Waals surface area contributed by atoms with Crippen LogP contribution in [0.2, 0.25) is 5.02 Å². The standard InChI is InChI=1S/C35H38ClN3O4/c1-35(23-25-11-16-30(41-2)31(22-25)42-3)32(17-21-43-34(40)28-10-7-18-37-24-28)39(20-19-38-35)33(26-8-5-4-6-9-26)27-12-14-29(36)15-13-27/h4-16,18,22,24,32-33,38H,17,19-21,23H2,1-3H3. The van der Waals surface area contributed by atoms with Gasteiger partial charge in [-0.2, -0.15) is 0 Å². The molecule has 1 fully saturated rings. The molecule has 0 saturated carbocycles. The monoisotopic (exact) mass is 599 g/mol. The van der Waals surface area contributed by atoms with Gasteiger partial charge in [0.1, 0.15) is 0 Å². The maximum absolute atomic E-state index is 12.8. The van der Waals surface area contributed by atoms with E-state index in [0.717, 1.165) is 30.6 Å². The molecule has 3 atom stereocenters. The first-order valence-corrected chi connectivity index (χ1v) is 14.9. The zero-order valence-electron chi connectivity index (χ0n) is 24.8. The number of benzene rings is 3. The van der Waals surface area contributed by atoms with Gasteiger partial charge in [0.25, 0.3) is 0 Å². The molecule has 0 amide bonds. The molecule has 43 heavy (non-hydrogen) atoms. The highest BCUT2D eigenvalue weighted by molar-refractivity contribution is 6.30. The van der Waals surface area contributed by atoms with Gasteiger partial charge in [-0.25, -0.2) is 4.79 Å². The van der Waals surface area contributed by atoms with E-state index in [9.17, 15) is 4.79 Å². The Morgan fingerprint density at radius 2 is 1.74 bits per heavy atom. The van der Waals surface area contributed by atoms with Crippen molar-refractivity contribution in [2.24, 2.45) is 0 Å². The van der Waals surface area contributed by atoms with E-state index in [0.29, 0.717) is 28.5 Å². The van der Waals surface area contributed by atoms with Crippen molar-refractivity contribution >= 4 is 17.6 Å². The van der Waals surface area contributed by atoms with E-state index < -0.39 is 0 Å². The Morgan fingerprint density at radius 1 is 1.00 bits per heavy atom. The molecule has 0 radical (unpaired) electrons. The van der Waals surface area contributed by atoms with Gasteiger partial charge in [-0.15, -0.1) is 0 Å². The van der Waals surface area contributed by atoms with Crippen molar-refractivity contribution in [3.8, 4) is 11.5 Å². The fourth-order valence-electron chi connectivity index (χ4n) is 6.18. The lowest BCUT2D eigenvalue weighted by atomic mass is 9.79. The lowest BCUT2D eigenvalue weighted by Gasteiger charge is -2.52. The minimum atomic E-state index is -0.373. The van der Waals surface area contributed by atoms with E-state index in [1.54, 1.807) is 32.5 Å². The van der Waals surface area contributed by atoms with Gasteiger partial charge in [-0.05, 0) is 72.9 Å². The van der Waals surface area contributed by atoms with Crippen LogP contribution in [0.4, 0.5) is 0 Å². The van der Waals surface area contributed by atoms with Crippen molar-refractivity contribution in [1.29, 1.82) is 0 Å². The van der Waals surface area contributed by atoms with E-state index in [2.05, 4.69) is 64.6 Å². The van der Waals surface area contributed by atoms with E-state index in [1.165, 1.54) is 11.8 Å². The average Bonchev–Trinajstić information content (AvgIpc) is 3.04. The highest BCUT2D eigenvalue weighted by Crippen LogP contribution is 2.38. The Bertz CT molecular complexity index is 1490. The number of piperazine rings is 1. The molecular formula is C35H38ClN3O4. The van der Waals surface area contributed by atoms with Crippen LogP contribution in [0, 0.1) is 0 Å². The van der Waals surface area contributed by atoms with Gasteiger partial charge in [-0.3, -0.25) is 9.88 Å². The lowest BCUT2D eigenvalue weighted by molar-refractivity contribution is 0.0135. The number of halogens is 1. The molecule has 0 spiro atoms. The predicted molar refractivity (Wildman–Crippen MR) is 169 cm³/mol. The van der Waals surface area contributed by atoms with Gasteiger partial charge in [-0.1, -0.05) is 60.1 Å². The van der Waals surface area contributed by atoms with Crippen molar-refractivity contribution in [1.82, 2.24) is 15.2 Å². The fourth-order valence-corrected chi connectivity index (χ4v) is 6.31. The lowest BCUT2D eigenvalue weighted by Crippen LogP contribution is -2.67. The SMILES string of the molecule is COc1ccc(CC2(C)NCCN(C(c3ccccc3)c3ccc(Cl)cc3)C2CCOC(=O)c2cccnc2)cc1OC. The smallest absolute Gasteiger partial charge is 0.339 e. The number of nitrogens with one attached hydrogen (secondary N) is 1. The third-order valence-electron chi connectivity index (χ3n) is 8.21. The number of aromatic nitrogens is 1. The summed E-state index contributed by atoms with van der Waals surface area (Å²) in [6.45, 7) is 4.13. The highest BCUT2D eigenvalue weighted by atomic mass is 35.5. The molecule has 3 aromatic carbocycles. The topological polar surface area (TPSA) is 72.9 Å². The Hall–Kier alpha value is -3.91. The van der Waals surface area contributed by atoms with Crippen LogP contribution in [-0.2, 0) is 11.2 Å². The second-order valence-corrected chi connectivity index (χ2v) is 11.4. The van der Waals surface area contributed by atoms with Gasteiger partial charge in [0.2, 0.25) is 0 Å². The van der Waals surface area contributed by atoms with Crippen LogP contribution in [0.15, 0.2) is 97.3 Å². The molecule has 1 aliphatic heterocycles. The molecule has 1 aliphatic rings. The van der Waals surface area contributed by atoms with E-state index >= 15 is 0 Å². The first-order chi connectivity index (χ1) is 20.9. The molecule has 0 aliphatic carbocycles. The summed E-state index contributed by atoms with van der Waals surface area (Å²) >= 11 is 6.31. The van der Waals surface area contributed by atoms with Crippen LogP contribution in [0.5, 0.6) is 11.5 Å². The minimum absolute atomic E-state index is 0.00284. The Labute approximate surface area is 258 Å². The quantitative estimate of drug-likeness (QED) is 0.201. The molecule has 1 saturated heterocycles. The summed E-state index contributed by atoms with van der Waals surface area (Å²) in [6.07, 6.45) is 4.53. The predicted octanol–water partition coefficient (Wildman–Crippen LogP) is 6.36. The van der Waals surface area contributed by atoms with Crippen molar-refractivity contribution < 1.29 is 19.0 Å². The first kappa shape index (κ1) is 30.5. The van der Waals surface area contributed by atoms with Crippen LogP contribution in [0.3, 0.4) is 0 Å². The summed E-state index contributed by atoms with van der Waals surface area (Å²) in [7, 11) is 3.29. The third-order valence-corrected chi connectivity index (χ3v) is 8.46. The molecule has 1 N–H and O–H groups in total. The summed E-state index contributed by atoms with van der Waals surface area (Å²) in [5, 5.41) is 4.54. The number of rotatable bonds is 11. The molecule has 2 heterocycles. The second-order valence-electron chi connectivity index (χ2n) is 11.0. The number of methoxy groups -OCH3 is 2. The summed E-state index contributed by atoms with van der Waals surface area (Å²) in [6, 6.07) is 28.1. The van der Waals surface area contributed by atoms with E-state index in [1.807, 2.05) is 30.3 Å². The summed E-state index contributed by atoms with van der Waals surface area (Å²) in [5.41, 5.74) is 3.55. The number of ether oxygens (including phenoxy) is 3. The number of esters is 1. The van der Waals surface area contributed by atoms with Gasteiger partial charge < -0.3 is 19.5 Å². The normalized spacial score (nSPS) is 19.4. The third kappa shape index (κ3) is 7.19. The van der Waals surface area contributed by atoms with Crippen molar-refractivity contribution in [3.63, 3.8) is 0 Å². The number of pyridine rings is 1. The number of hydrogen-bond acceptors (Lipinski definition) is 7. The number of carbonyl (C=O) groups excluding carboxylic acids is 1. The molecule has 1 aromatic heterocycles. The van der Waals surface area contributed by atoms with E-state index in [-0.39, 0.29) is 30.2 Å². The second kappa shape index (κ2) is 14.0. The van der Waals surface area contributed by atoms with Crippen LogP contribution < -0.4 is 14.8 Å². The maximum atomic E-state index is 12.8. The van der Waals surface area contributed by atoms with E-state index in [4.69, 9.17) is 25.8 Å². The van der Waals surface area contributed by atoms with Crippen molar-refractivity contribution in [2.45, 2.75) is 37.4 Å². The molecule has 5 rings (SSSR count). The molecule has 224 valence electrons.